The van der Waals surface area contributed by atoms with Gasteiger partial charge in [-0.25, -0.2) is 0 Å². The van der Waals surface area contributed by atoms with Gasteiger partial charge in [-0.15, -0.1) is 0 Å². The maximum atomic E-state index is 13.0. The number of nitrogens with one attached hydrogen (secondary N) is 1. The quantitative estimate of drug-likeness (QED) is 0.757. The molecule has 1 aliphatic heterocycles. The first-order valence-electron chi connectivity index (χ1n) is 9.60. The minimum Gasteiger partial charge on any atom is -0.508 e. The highest BCUT2D eigenvalue weighted by molar-refractivity contribution is 7.80. The number of phenolic OH excluding ortho intramolecular Hbond substituents is 1. The molecule has 2 aromatic carbocycles. The molecule has 0 bridgehead atoms. The first-order valence-corrected chi connectivity index (χ1v) is 10.0. The van der Waals surface area contributed by atoms with Crippen LogP contribution in [0.15, 0.2) is 54.6 Å². The number of benzene rings is 2. The number of carbonyl (C=O) groups is 1. The van der Waals surface area contributed by atoms with Crippen molar-refractivity contribution in [3.05, 3.63) is 65.7 Å². The molecule has 148 valence electrons. The number of hydrogen-bond acceptors (Lipinski definition) is 3. The second kappa shape index (κ2) is 9.06. The van der Waals surface area contributed by atoms with Crippen LogP contribution >= 0.6 is 12.2 Å². The van der Waals surface area contributed by atoms with Crippen LogP contribution in [0.25, 0.3) is 0 Å². The summed E-state index contributed by atoms with van der Waals surface area (Å²) in [4.78, 5) is 16.8. The van der Waals surface area contributed by atoms with Gasteiger partial charge in [-0.2, -0.15) is 0 Å². The van der Waals surface area contributed by atoms with Crippen LogP contribution in [0.3, 0.4) is 0 Å². The average molecular weight is 398 g/mol. The summed E-state index contributed by atoms with van der Waals surface area (Å²) in [5.41, 5.74) is 2.15. The highest BCUT2D eigenvalue weighted by Crippen LogP contribution is 2.22. The number of thiocarbonyl (C=S) groups is 1. The number of nitrogens with zero attached hydrogens (tertiary/aromatic N) is 2. The third kappa shape index (κ3) is 4.81. The third-order valence-electron chi connectivity index (χ3n) is 5.17. The fourth-order valence-corrected chi connectivity index (χ4v) is 3.96. The van der Waals surface area contributed by atoms with E-state index in [0.717, 1.165) is 30.5 Å². The molecule has 3 rings (SSSR count). The Hall–Kier alpha value is -2.60. The van der Waals surface area contributed by atoms with E-state index in [1.165, 1.54) is 0 Å². The zero-order valence-electron chi connectivity index (χ0n) is 16.3. The zero-order valence-corrected chi connectivity index (χ0v) is 17.2. The van der Waals surface area contributed by atoms with E-state index >= 15 is 0 Å². The molecule has 0 aliphatic carbocycles. The molecule has 0 saturated carbocycles. The molecule has 1 saturated heterocycles. The number of likely N-dealkylation sites (N-methyl/N-ethyl adjacent to an activating group) is 1. The van der Waals surface area contributed by atoms with Gasteiger partial charge in [0.2, 0.25) is 5.91 Å². The minimum atomic E-state index is -0.231. The first kappa shape index (κ1) is 20.1. The Kier molecular flexibility index (Phi) is 6.52. The van der Waals surface area contributed by atoms with Gasteiger partial charge in [0.1, 0.15) is 11.8 Å². The highest BCUT2D eigenvalue weighted by atomic mass is 32.1. The Bertz CT molecular complexity index is 810. The fourth-order valence-electron chi connectivity index (χ4n) is 3.57. The average Bonchev–Trinajstić information content (AvgIpc) is 3.19. The molecule has 0 unspecified atom stereocenters. The molecule has 28 heavy (non-hydrogen) atoms. The van der Waals surface area contributed by atoms with Crippen molar-refractivity contribution in [3.8, 4) is 5.75 Å². The lowest BCUT2D eigenvalue weighted by molar-refractivity contribution is -0.134. The van der Waals surface area contributed by atoms with E-state index < -0.39 is 0 Å². The summed E-state index contributed by atoms with van der Waals surface area (Å²) >= 11 is 5.63. The first-order chi connectivity index (χ1) is 13.5. The van der Waals surface area contributed by atoms with Crippen LogP contribution in [0, 0.1) is 0 Å². The molecule has 1 aliphatic rings. The molecule has 6 heteroatoms. The number of hydrogen-bond donors (Lipinski definition) is 2. The molecule has 0 aromatic heterocycles. The van der Waals surface area contributed by atoms with Gasteiger partial charge >= 0.3 is 0 Å². The van der Waals surface area contributed by atoms with E-state index in [-0.39, 0.29) is 23.7 Å². The Morgan fingerprint density at radius 2 is 1.93 bits per heavy atom. The van der Waals surface area contributed by atoms with E-state index in [0.29, 0.717) is 11.7 Å². The smallest absolute Gasteiger partial charge is 0.245 e. The molecular weight excluding hydrogens is 370 g/mol. The molecule has 1 fully saturated rings. The summed E-state index contributed by atoms with van der Waals surface area (Å²) in [7, 11) is 1.81. The summed E-state index contributed by atoms with van der Waals surface area (Å²) in [6.45, 7) is 3.37. The van der Waals surface area contributed by atoms with Gasteiger partial charge in [0, 0.05) is 20.1 Å². The lowest BCUT2D eigenvalue weighted by Crippen LogP contribution is -2.50. The number of carbonyl (C=O) groups excluding carboxylic acids is 1. The molecule has 0 radical (unpaired) electrons. The lowest BCUT2D eigenvalue weighted by atomic mass is 10.1. The molecular formula is C22H27N3O2S. The van der Waals surface area contributed by atoms with Gasteiger partial charge in [-0.05, 0) is 55.2 Å². The van der Waals surface area contributed by atoms with Crippen LogP contribution in [-0.4, -0.2) is 45.6 Å². The van der Waals surface area contributed by atoms with Crippen molar-refractivity contribution in [2.45, 2.75) is 38.4 Å². The number of likely N-dealkylation sites (tertiary alicyclic amines) is 1. The highest BCUT2D eigenvalue weighted by Gasteiger charge is 2.34. The van der Waals surface area contributed by atoms with Crippen LogP contribution in [0.2, 0.25) is 0 Å². The summed E-state index contributed by atoms with van der Waals surface area (Å²) in [6, 6.07) is 16.9. The standard InChI is InChI=1S/C22H27N3O2S/c1-16(18-7-4-3-5-8-18)23-22(28)25-14-6-9-20(25)21(27)24(2)15-17-10-12-19(26)13-11-17/h3-5,7-8,10-13,16,20,26H,6,9,14-15H2,1-2H3,(H,23,28)/t16-,20-/m1/s1. The van der Waals surface area contributed by atoms with E-state index in [1.807, 2.05) is 42.3 Å². The number of phenols is 1. The van der Waals surface area contributed by atoms with Crippen molar-refractivity contribution >= 4 is 23.2 Å². The third-order valence-corrected chi connectivity index (χ3v) is 5.52. The second-order valence-corrected chi connectivity index (χ2v) is 7.68. The minimum absolute atomic E-state index is 0.0714. The zero-order chi connectivity index (χ0) is 20.1. The van der Waals surface area contributed by atoms with Crippen molar-refractivity contribution in [3.63, 3.8) is 0 Å². The monoisotopic (exact) mass is 397 g/mol. The Balaban J connectivity index is 1.61. The van der Waals surface area contributed by atoms with Gasteiger partial charge < -0.3 is 20.2 Å². The van der Waals surface area contributed by atoms with Gasteiger partial charge in [0.25, 0.3) is 0 Å². The van der Waals surface area contributed by atoms with Crippen molar-refractivity contribution in [1.82, 2.24) is 15.1 Å². The van der Waals surface area contributed by atoms with Gasteiger partial charge in [0.05, 0.1) is 6.04 Å². The Morgan fingerprint density at radius 3 is 2.61 bits per heavy atom. The van der Waals surface area contributed by atoms with Crippen LogP contribution in [0.4, 0.5) is 0 Å². The van der Waals surface area contributed by atoms with Gasteiger partial charge in [-0.1, -0.05) is 42.5 Å². The van der Waals surface area contributed by atoms with E-state index in [9.17, 15) is 9.90 Å². The molecule has 1 heterocycles. The SMILES string of the molecule is C[C@@H](NC(=S)N1CCC[C@@H]1C(=O)N(C)Cc1ccc(O)cc1)c1ccccc1. The molecule has 2 aromatic rings. The molecule has 1 amide bonds. The summed E-state index contributed by atoms with van der Waals surface area (Å²) in [5, 5.41) is 13.4. The Morgan fingerprint density at radius 1 is 1.25 bits per heavy atom. The summed E-state index contributed by atoms with van der Waals surface area (Å²) < 4.78 is 0. The van der Waals surface area contributed by atoms with Crippen LogP contribution in [-0.2, 0) is 11.3 Å². The maximum Gasteiger partial charge on any atom is 0.245 e. The summed E-state index contributed by atoms with van der Waals surface area (Å²) in [5.74, 6) is 0.297. The van der Waals surface area contributed by atoms with E-state index in [1.54, 1.807) is 17.0 Å². The molecule has 0 spiro atoms. The molecule has 2 atom stereocenters. The number of aromatic hydroxyl groups is 1. The second-order valence-electron chi connectivity index (χ2n) is 7.29. The maximum absolute atomic E-state index is 13.0. The van der Waals surface area contributed by atoms with Crippen LogP contribution in [0.5, 0.6) is 5.75 Å². The van der Waals surface area contributed by atoms with Gasteiger partial charge in [-0.3, -0.25) is 4.79 Å². The largest absolute Gasteiger partial charge is 0.508 e. The summed E-state index contributed by atoms with van der Waals surface area (Å²) in [6.07, 6.45) is 1.76. The van der Waals surface area contributed by atoms with Crippen molar-refractivity contribution in [2.24, 2.45) is 0 Å². The van der Waals surface area contributed by atoms with E-state index in [2.05, 4.69) is 24.4 Å². The van der Waals surface area contributed by atoms with Crippen molar-refractivity contribution in [2.75, 3.05) is 13.6 Å². The Labute approximate surface area is 172 Å². The number of amides is 1. The fraction of sp³-hybridized carbons (Fsp3) is 0.364. The van der Waals surface area contributed by atoms with Crippen LogP contribution in [0.1, 0.15) is 36.9 Å². The van der Waals surface area contributed by atoms with Crippen molar-refractivity contribution in [1.29, 1.82) is 0 Å². The van der Waals surface area contributed by atoms with E-state index in [4.69, 9.17) is 12.2 Å². The predicted molar refractivity (Wildman–Crippen MR) is 115 cm³/mol. The molecule has 5 nitrogen and oxygen atoms in total. The van der Waals surface area contributed by atoms with Crippen LogP contribution < -0.4 is 5.32 Å². The number of rotatable bonds is 5. The topological polar surface area (TPSA) is 55.8 Å². The van der Waals surface area contributed by atoms with Gasteiger partial charge in [0.15, 0.2) is 5.11 Å². The normalized spacial score (nSPS) is 17.2. The molecule has 2 N–H and O–H groups in total. The lowest BCUT2D eigenvalue weighted by Gasteiger charge is -2.31. The van der Waals surface area contributed by atoms with Crippen molar-refractivity contribution < 1.29 is 9.90 Å². The predicted octanol–water partition coefficient (Wildman–Crippen LogP) is 3.45.